The number of aryl methyl sites for hydroxylation is 2. The Morgan fingerprint density at radius 2 is 1.80 bits per heavy atom. The van der Waals surface area contributed by atoms with Gasteiger partial charge in [-0.05, 0) is 58.0 Å². The summed E-state index contributed by atoms with van der Waals surface area (Å²) in [6.07, 6.45) is 0. The van der Waals surface area contributed by atoms with Crippen LogP contribution in [0.5, 0.6) is 0 Å². The Morgan fingerprint density at radius 3 is 2.32 bits per heavy atom. The molecule has 7 heteroatoms. The van der Waals surface area contributed by atoms with Crippen LogP contribution in [-0.2, 0) is 9.84 Å². The molecule has 1 fully saturated rings. The molecule has 1 aromatic heterocycles. The predicted octanol–water partition coefficient (Wildman–Crippen LogP) is 2.14. The van der Waals surface area contributed by atoms with Gasteiger partial charge in [-0.25, -0.2) is 13.1 Å². The van der Waals surface area contributed by atoms with Gasteiger partial charge in [0.05, 0.1) is 21.9 Å². The van der Waals surface area contributed by atoms with Crippen molar-refractivity contribution in [3.05, 3.63) is 47.3 Å². The van der Waals surface area contributed by atoms with Crippen LogP contribution in [0.3, 0.4) is 0 Å². The number of carbonyl (C=O) groups is 1. The monoisotopic (exact) mass is 361 g/mol. The molecule has 0 radical (unpaired) electrons. The van der Waals surface area contributed by atoms with Gasteiger partial charge in [0.1, 0.15) is 0 Å². The molecule has 0 N–H and O–H groups in total. The number of hydrogen-bond donors (Lipinski definition) is 0. The highest BCUT2D eigenvalue weighted by atomic mass is 32.2. The van der Waals surface area contributed by atoms with Crippen LogP contribution in [0.15, 0.2) is 30.3 Å². The van der Waals surface area contributed by atoms with Crippen molar-refractivity contribution in [3.8, 4) is 5.69 Å². The number of amides is 1. The van der Waals surface area contributed by atoms with E-state index in [0.717, 1.165) is 17.1 Å². The minimum atomic E-state index is -3.16. The molecule has 1 aliphatic heterocycles. The quantitative estimate of drug-likeness (QED) is 0.821. The van der Waals surface area contributed by atoms with Crippen molar-refractivity contribution >= 4 is 15.7 Å². The van der Waals surface area contributed by atoms with E-state index in [0.29, 0.717) is 5.56 Å². The van der Waals surface area contributed by atoms with Gasteiger partial charge in [0.15, 0.2) is 9.84 Å². The van der Waals surface area contributed by atoms with Gasteiger partial charge >= 0.3 is 0 Å². The first-order chi connectivity index (χ1) is 11.6. The standard InChI is InChI=1S/C18H23N3O3S/c1-13-11-14(2)21(19-13)16-7-5-15(6-8-16)17(22)20-9-10-25(23,24)18(3,4)12-20/h5-8,11H,9-10,12H2,1-4H3. The van der Waals surface area contributed by atoms with Crippen LogP contribution in [0.2, 0.25) is 0 Å². The molecule has 0 atom stereocenters. The third kappa shape index (κ3) is 3.20. The van der Waals surface area contributed by atoms with E-state index >= 15 is 0 Å². The highest BCUT2D eigenvalue weighted by Gasteiger charge is 2.41. The number of benzene rings is 1. The lowest BCUT2D eigenvalue weighted by atomic mass is 10.1. The lowest BCUT2D eigenvalue weighted by Gasteiger charge is -2.37. The van der Waals surface area contributed by atoms with Gasteiger partial charge in [0.2, 0.25) is 0 Å². The average molecular weight is 361 g/mol. The highest BCUT2D eigenvalue weighted by Crippen LogP contribution is 2.25. The molecule has 0 unspecified atom stereocenters. The summed E-state index contributed by atoms with van der Waals surface area (Å²) in [5.74, 6) is -0.127. The fraction of sp³-hybridized carbons (Fsp3) is 0.444. The number of hydrogen-bond acceptors (Lipinski definition) is 4. The molecule has 3 rings (SSSR count). The molecular formula is C18H23N3O3S. The van der Waals surface area contributed by atoms with Crippen molar-refractivity contribution in [2.45, 2.75) is 32.4 Å². The van der Waals surface area contributed by atoms with Crippen LogP contribution in [0, 0.1) is 13.8 Å². The van der Waals surface area contributed by atoms with Gasteiger partial charge in [-0.3, -0.25) is 4.79 Å². The maximum absolute atomic E-state index is 12.7. The fourth-order valence-corrected chi connectivity index (χ4v) is 4.50. The Labute approximate surface area is 148 Å². The van der Waals surface area contributed by atoms with Crippen LogP contribution < -0.4 is 0 Å². The van der Waals surface area contributed by atoms with E-state index in [4.69, 9.17) is 0 Å². The van der Waals surface area contributed by atoms with Gasteiger partial charge in [-0.2, -0.15) is 5.10 Å². The lowest BCUT2D eigenvalue weighted by Crippen LogP contribution is -2.54. The molecular weight excluding hydrogens is 338 g/mol. The van der Waals surface area contributed by atoms with Crippen molar-refractivity contribution in [1.82, 2.24) is 14.7 Å². The maximum atomic E-state index is 12.7. The Morgan fingerprint density at radius 1 is 1.16 bits per heavy atom. The summed E-state index contributed by atoms with van der Waals surface area (Å²) in [5, 5.41) is 4.43. The first kappa shape index (κ1) is 17.7. The van der Waals surface area contributed by atoms with Crippen molar-refractivity contribution in [2.24, 2.45) is 0 Å². The number of sulfone groups is 1. The second kappa shape index (κ2) is 5.98. The largest absolute Gasteiger partial charge is 0.336 e. The SMILES string of the molecule is Cc1cc(C)n(-c2ccc(C(=O)N3CCS(=O)(=O)C(C)(C)C3)cc2)n1. The topological polar surface area (TPSA) is 72.3 Å². The highest BCUT2D eigenvalue weighted by molar-refractivity contribution is 7.92. The number of aromatic nitrogens is 2. The minimum absolute atomic E-state index is 0.00951. The van der Waals surface area contributed by atoms with Crippen LogP contribution >= 0.6 is 0 Å². The summed E-state index contributed by atoms with van der Waals surface area (Å²) in [6.45, 7) is 7.72. The van der Waals surface area contributed by atoms with Crippen molar-refractivity contribution in [2.75, 3.05) is 18.8 Å². The Bertz CT molecular complexity index is 912. The summed E-state index contributed by atoms with van der Waals surface area (Å²) >= 11 is 0. The molecule has 0 aliphatic carbocycles. The molecule has 1 saturated heterocycles. The van der Waals surface area contributed by atoms with Gasteiger partial charge in [-0.1, -0.05) is 0 Å². The molecule has 0 spiro atoms. The molecule has 2 heterocycles. The molecule has 6 nitrogen and oxygen atoms in total. The molecule has 1 amide bonds. The summed E-state index contributed by atoms with van der Waals surface area (Å²) < 4.78 is 25.1. The third-order valence-corrected chi connectivity index (χ3v) is 7.23. The van der Waals surface area contributed by atoms with Gasteiger partial charge in [0, 0.05) is 24.3 Å². The molecule has 25 heavy (non-hydrogen) atoms. The van der Waals surface area contributed by atoms with E-state index in [1.165, 1.54) is 0 Å². The molecule has 1 aromatic carbocycles. The zero-order valence-electron chi connectivity index (χ0n) is 15.0. The summed E-state index contributed by atoms with van der Waals surface area (Å²) in [7, 11) is -3.16. The second-order valence-electron chi connectivity index (χ2n) is 7.19. The average Bonchev–Trinajstić information content (AvgIpc) is 2.88. The molecule has 134 valence electrons. The van der Waals surface area contributed by atoms with Crippen molar-refractivity contribution in [1.29, 1.82) is 0 Å². The predicted molar refractivity (Wildman–Crippen MR) is 96.8 cm³/mol. The number of carbonyl (C=O) groups excluding carboxylic acids is 1. The molecule has 2 aromatic rings. The second-order valence-corrected chi connectivity index (χ2v) is 9.93. The summed E-state index contributed by atoms with van der Waals surface area (Å²) in [6, 6.07) is 9.25. The van der Waals surface area contributed by atoms with Gasteiger partial charge in [0.25, 0.3) is 5.91 Å². The zero-order chi connectivity index (χ0) is 18.4. The molecule has 0 bridgehead atoms. The number of nitrogens with zero attached hydrogens (tertiary/aromatic N) is 3. The summed E-state index contributed by atoms with van der Waals surface area (Å²) in [5.41, 5.74) is 3.41. The van der Waals surface area contributed by atoms with Crippen molar-refractivity contribution < 1.29 is 13.2 Å². The molecule has 0 saturated carbocycles. The Balaban J connectivity index is 1.81. The summed E-state index contributed by atoms with van der Waals surface area (Å²) in [4.78, 5) is 14.4. The third-order valence-electron chi connectivity index (χ3n) is 4.70. The lowest BCUT2D eigenvalue weighted by molar-refractivity contribution is 0.0743. The first-order valence-electron chi connectivity index (χ1n) is 8.26. The van der Waals surface area contributed by atoms with Crippen LogP contribution in [0.1, 0.15) is 35.6 Å². The van der Waals surface area contributed by atoms with E-state index in [1.54, 1.807) is 30.9 Å². The minimum Gasteiger partial charge on any atom is -0.336 e. The first-order valence-corrected chi connectivity index (χ1v) is 9.91. The maximum Gasteiger partial charge on any atom is 0.253 e. The van der Waals surface area contributed by atoms with Gasteiger partial charge in [-0.15, -0.1) is 0 Å². The van der Waals surface area contributed by atoms with Crippen LogP contribution in [0.4, 0.5) is 0 Å². The van der Waals surface area contributed by atoms with Crippen LogP contribution in [-0.4, -0.2) is 52.6 Å². The van der Waals surface area contributed by atoms with E-state index in [-0.39, 0.29) is 24.7 Å². The Hall–Kier alpha value is -2.15. The van der Waals surface area contributed by atoms with Crippen molar-refractivity contribution in [3.63, 3.8) is 0 Å². The number of rotatable bonds is 2. The Kier molecular flexibility index (Phi) is 4.23. The van der Waals surface area contributed by atoms with E-state index in [2.05, 4.69) is 5.10 Å². The van der Waals surface area contributed by atoms with Gasteiger partial charge < -0.3 is 4.90 Å². The zero-order valence-corrected chi connectivity index (χ0v) is 15.8. The normalized spacial score (nSPS) is 19.0. The van der Waals surface area contributed by atoms with E-state index < -0.39 is 14.6 Å². The van der Waals surface area contributed by atoms with E-state index in [1.807, 2.05) is 36.7 Å². The van der Waals surface area contributed by atoms with Crippen LogP contribution in [0.25, 0.3) is 5.69 Å². The smallest absolute Gasteiger partial charge is 0.253 e. The molecule has 1 aliphatic rings. The van der Waals surface area contributed by atoms with E-state index in [9.17, 15) is 13.2 Å². The fourth-order valence-electron chi connectivity index (χ4n) is 3.14.